The second kappa shape index (κ2) is 21.0. The number of hydrogen-bond acceptors (Lipinski definition) is 3. The van der Waals surface area contributed by atoms with Gasteiger partial charge in [0.15, 0.2) is 5.79 Å². The monoisotopic (exact) mass is 631 g/mol. The highest BCUT2D eigenvalue weighted by atomic mass is 16.7. The van der Waals surface area contributed by atoms with Crippen molar-refractivity contribution >= 4 is 5.57 Å². The molecule has 0 aromatic heterocycles. The predicted octanol–water partition coefficient (Wildman–Crippen LogP) is 13.0. The first-order valence-corrected chi connectivity index (χ1v) is 19.5. The van der Waals surface area contributed by atoms with Crippen molar-refractivity contribution in [3.05, 3.63) is 59.2 Å². The standard InChI is InChI=1S/C43H66O3/c1-3-4-5-6-7-8-9-10-11-12-13-14-15-16-17-18-19-20-21-22-23-41-36(2)40(37-24-26-39(44)27-25-37)28-29-42(41)38-30-32-43(33-31-38)45-34-35-46-43/h24-30,44H,3-23,31-35H2,1-2H3. The number of unbranched alkanes of at least 4 members (excludes halogenated alkanes) is 19. The summed E-state index contributed by atoms with van der Waals surface area (Å²) in [6, 6.07) is 12.3. The van der Waals surface area contributed by atoms with Crippen LogP contribution in [0.3, 0.4) is 0 Å². The largest absolute Gasteiger partial charge is 0.508 e. The molecule has 2 aromatic carbocycles. The lowest BCUT2D eigenvalue weighted by Crippen LogP contribution is -2.31. The molecule has 0 bridgehead atoms. The zero-order valence-corrected chi connectivity index (χ0v) is 29.7. The van der Waals surface area contributed by atoms with Crippen molar-refractivity contribution < 1.29 is 14.6 Å². The summed E-state index contributed by atoms with van der Waals surface area (Å²) in [6.07, 6.45) is 34.6. The van der Waals surface area contributed by atoms with Crippen molar-refractivity contribution in [1.82, 2.24) is 0 Å². The summed E-state index contributed by atoms with van der Waals surface area (Å²) in [4.78, 5) is 0. The van der Waals surface area contributed by atoms with Gasteiger partial charge in [0.1, 0.15) is 5.75 Å². The summed E-state index contributed by atoms with van der Waals surface area (Å²) < 4.78 is 12.0. The lowest BCUT2D eigenvalue weighted by molar-refractivity contribution is -0.159. The fourth-order valence-electron chi connectivity index (χ4n) is 7.70. The van der Waals surface area contributed by atoms with Crippen molar-refractivity contribution in [1.29, 1.82) is 0 Å². The molecule has 0 amide bonds. The lowest BCUT2D eigenvalue weighted by Gasteiger charge is -2.31. The van der Waals surface area contributed by atoms with Crippen LogP contribution in [0.1, 0.15) is 171 Å². The van der Waals surface area contributed by atoms with Crippen LogP contribution in [-0.2, 0) is 15.9 Å². The molecule has 0 atom stereocenters. The molecule has 1 N–H and O–H groups in total. The van der Waals surface area contributed by atoms with Crippen LogP contribution in [0, 0.1) is 6.92 Å². The van der Waals surface area contributed by atoms with Crippen LogP contribution >= 0.6 is 0 Å². The van der Waals surface area contributed by atoms with E-state index < -0.39 is 0 Å². The van der Waals surface area contributed by atoms with E-state index in [9.17, 15) is 5.11 Å². The highest BCUT2D eigenvalue weighted by molar-refractivity contribution is 5.77. The fraction of sp³-hybridized carbons (Fsp3) is 0.674. The van der Waals surface area contributed by atoms with Gasteiger partial charge in [-0.1, -0.05) is 159 Å². The molecule has 2 aromatic rings. The van der Waals surface area contributed by atoms with Gasteiger partial charge in [0.25, 0.3) is 0 Å². The lowest BCUT2D eigenvalue weighted by atomic mass is 9.83. The molecule has 0 unspecified atom stereocenters. The van der Waals surface area contributed by atoms with Crippen molar-refractivity contribution in [3.8, 4) is 16.9 Å². The van der Waals surface area contributed by atoms with Gasteiger partial charge in [-0.05, 0) is 71.7 Å². The average Bonchev–Trinajstić information content (AvgIpc) is 3.53. The van der Waals surface area contributed by atoms with Gasteiger partial charge in [-0.15, -0.1) is 0 Å². The number of phenols is 1. The predicted molar refractivity (Wildman–Crippen MR) is 196 cm³/mol. The van der Waals surface area contributed by atoms with Gasteiger partial charge in [-0.2, -0.15) is 0 Å². The van der Waals surface area contributed by atoms with E-state index in [0.717, 1.165) is 25.7 Å². The molecule has 0 radical (unpaired) electrons. The zero-order chi connectivity index (χ0) is 32.3. The maximum absolute atomic E-state index is 9.83. The van der Waals surface area contributed by atoms with Crippen LogP contribution in [-0.4, -0.2) is 24.1 Å². The number of allylic oxidation sites excluding steroid dienone is 1. The van der Waals surface area contributed by atoms with E-state index in [2.05, 4.69) is 32.1 Å². The summed E-state index contributed by atoms with van der Waals surface area (Å²) in [5.74, 6) is -0.0580. The van der Waals surface area contributed by atoms with E-state index >= 15 is 0 Å². The first-order chi connectivity index (χ1) is 22.6. The Hall–Kier alpha value is -2.10. The first kappa shape index (κ1) is 36.7. The van der Waals surface area contributed by atoms with E-state index in [4.69, 9.17) is 9.47 Å². The maximum Gasteiger partial charge on any atom is 0.172 e. The van der Waals surface area contributed by atoms with E-state index in [1.807, 2.05) is 12.1 Å². The van der Waals surface area contributed by atoms with Crippen LogP contribution in [0.15, 0.2) is 42.5 Å². The van der Waals surface area contributed by atoms with E-state index in [1.54, 1.807) is 12.1 Å². The summed E-state index contributed by atoms with van der Waals surface area (Å²) >= 11 is 0. The van der Waals surface area contributed by atoms with Gasteiger partial charge < -0.3 is 14.6 Å². The van der Waals surface area contributed by atoms with Crippen molar-refractivity contribution in [3.63, 3.8) is 0 Å². The van der Waals surface area contributed by atoms with Crippen LogP contribution in [0.2, 0.25) is 0 Å². The van der Waals surface area contributed by atoms with Crippen LogP contribution in [0.4, 0.5) is 0 Å². The van der Waals surface area contributed by atoms with Gasteiger partial charge in [0.2, 0.25) is 0 Å². The number of benzene rings is 2. The van der Waals surface area contributed by atoms with Crippen molar-refractivity contribution in [2.24, 2.45) is 0 Å². The molecule has 3 heteroatoms. The molecule has 1 heterocycles. The third-order valence-corrected chi connectivity index (χ3v) is 10.7. The fourth-order valence-corrected chi connectivity index (χ4v) is 7.70. The molecule has 0 saturated carbocycles. The van der Waals surface area contributed by atoms with Gasteiger partial charge >= 0.3 is 0 Å². The smallest absolute Gasteiger partial charge is 0.172 e. The molecule has 4 rings (SSSR count). The summed E-state index contributed by atoms with van der Waals surface area (Å²) in [7, 11) is 0. The Balaban J connectivity index is 1.12. The minimum Gasteiger partial charge on any atom is -0.508 e. The molecule has 1 saturated heterocycles. The Morgan fingerprint density at radius 3 is 1.57 bits per heavy atom. The SMILES string of the molecule is CCCCCCCCCCCCCCCCCCCCCCc1c(C2=CCC3(CC2)OCCO3)ccc(-c2ccc(O)cc2)c1C. The third kappa shape index (κ3) is 12.2. The molecule has 256 valence electrons. The van der Waals surface area contributed by atoms with Crippen molar-refractivity contribution in [2.45, 2.75) is 174 Å². The molecule has 1 fully saturated rings. The Morgan fingerprint density at radius 2 is 1.09 bits per heavy atom. The summed E-state index contributed by atoms with van der Waals surface area (Å²) in [6.45, 7) is 6.03. The van der Waals surface area contributed by atoms with Crippen LogP contribution < -0.4 is 0 Å². The Morgan fingerprint density at radius 1 is 0.609 bits per heavy atom. The third-order valence-electron chi connectivity index (χ3n) is 10.7. The first-order valence-electron chi connectivity index (χ1n) is 19.5. The normalized spacial score (nSPS) is 15.9. The zero-order valence-electron chi connectivity index (χ0n) is 29.7. The number of ether oxygens (including phenoxy) is 2. The molecule has 1 aliphatic carbocycles. The molecule has 46 heavy (non-hydrogen) atoms. The molecular formula is C43H66O3. The maximum atomic E-state index is 9.83. The quantitative estimate of drug-likeness (QED) is 0.124. The van der Waals surface area contributed by atoms with Crippen LogP contribution in [0.5, 0.6) is 5.75 Å². The number of rotatable bonds is 23. The summed E-state index contributed by atoms with van der Waals surface area (Å²) in [5, 5.41) is 9.83. The topological polar surface area (TPSA) is 38.7 Å². The van der Waals surface area contributed by atoms with Gasteiger partial charge in [-0.25, -0.2) is 0 Å². The van der Waals surface area contributed by atoms with E-state index in [0.29, 0.717) is 19.0 Å². The second-order valence-corrected chi connectivity index (χ2v) is 14.3. The van der Waals surface area contributed by atoms with Crippen LogP contribution in [0.25, 0.3) is 16.7 Å². The number of phenolic OH excluding ortho intramolecular Hbond substituents is 1. The minimum atomic E-state index is -0.378. The average molecular weight is 631 g/mol. The highest BCUT2D eigenvalue weighted by Gasteiger charge is 2.38. The van der Waals surface area contributed by atoms with Gasteiger partial charge in [-0.3, -0.25) is 0 Å². The molecular weight excluding hydrogens is 564 g/mol. The summed E-state index contributed by atoms with van der Waals surface area (Å²) in [5.41, 5.74) is 8.22. The van der Waals surface area contributed by atoms with Gasteiger partial charge in [0.05, 0.1) is 13.2 Å². The Bertz CT molecular complexity index is 1140. The van der Waals surface area contributed by atoms with Gasteiger partial charge in [0, 0.05) is 12.8 Å². The molecule has 3 nitrogen and oxygen atoms in total. The number of hydrogen-bond donors (Lipinski definition) is 1. The second-order valence-electron chi connectivity index (χ2n) is 14.3. The van der Waals surface area contributed by atoms with E-state index in [-0.39, 0.29) is 5.79 Å². The molecule has 2 aliphatic rings. The Kier molecular flexibility index (Phi) is 16.8. The number of aromatic hydroxyl groups is 1. The highest BCUT2D eigenvalue weighted by Crippen LogP contribution is 2.41. The molecule has 1 aliphatic heterocycles. The van der Waals surface area contributed by atoms with E-state index in [1.165, 1.54) is 162 Å². The molecule has 1 spiro atoms. The van der Waals surface area contributed by atoms with Crippen molar-refractivity contribution in [2.75, 3.05) is 13.2 Å². The Labute approximate surface area is 282 Å². The minimum absolute atomic E-state index is 0.320.